The van der Waals surface area contributed by atoms with Crippen LogP contribution in [0, 0.1) is 5.41 Å². The van der Waals surface area contributed by atoms with Crippen LogP contribution in [0.25, 0.3) is 0 Å². The van der Waals surface area contributed by atoms with Gasteiger partial charge in [-0.25, -0.2) is 4.39 Å². The molecule has 0 N–H and O–H groups in total. The van der Waals surface area contributed by atoms with Crippen LogP contribution in [0.4, 0.5) is 4.39 Å². The smallest absolute Gasteiger partial charge is 0.112 e. The molecule has 0 radical (unpaired) electrons. The predicted molar refractivity (Wildman–Crippen MR) is 55.5 cm³/mol. The van der Waals surface area contributed by atoms with Crippen molar-refractivity contribution in [3.8, 4) is 0 Å². The summed E-state index contributed by atoms with van der Waals surface area (Å²) in [6, 6.07) is 0. The molecule has 0 heterocycles. The van der Waals surface area contributed by atoms with E-state index in [1.807, 2.05) is 0 Å². The Balaban J connectivity index is 2.90. The summed E-state index contributed by atoms with van der Waals surface area (Å²) >= 11 is 0. The van der Waals surface area contributed by atoms with E-state index in [0.29, 0.717) is 12.8 Å². The minimum atomic E-state index is -0.959. The average Bonchev–Trinajstić information content (AvgIpc) is 1.80. The van der Waals surface area contributed by atoms with Gasteiger partial charge >= 0.3 is 0 Å². The van der Waals surface area contributed by atoms with Gasteiger partial charge < -0.3 is 0 Å². The second-order valence-electron chi connectivity index (χ2n) is 5.60. The van der Waals surface area contributed by atoms with Crippen molar-refractivity contribution in [1.82, 2.24) is 0 Å². The third-order valence-electron chi connectivity index (χ3n) is 2.95. The highest BCUT2D eigenvalue weighted by Crippen LogP contribution is 2.42. The van der Waals surface area contributed by atoms with Crippen LogP contribution in [-0.2, 0) is 0 Å². The topological polar surface area (TPSA) is 0 Å². The number of halogens is 1. The molecule has 0 spiro atoms. The van der Waals surface area contributed by atoms with Gasteiger partial charge in [-0.3, -0.25) is 0 Å². The van der Waals surface area contributed by atoms with Gasteiger partial charge in [-0.1, -0.05) is 31.9 Å². The molecular formula is C12H21F. The molecule has 0 saturated carbocycles. The maximum atomic E-state index is 13.6. The number of rotatable bonds is 0. The van der Waals surface area contributed by atoms with E-state index in [2.05, 4.69) is 27.7 Å². The molecule has 0 amide bonds. The molecule has 0 aromatic heterocycles. The highest BCUT2D eigenvalue weighted by molar-refractivity contribution is 5.23. The van der Waals surface area contributed by atoms with Crippen LogP contribution in [0.5, 0.6) is 0 Å². The summed E-state index contributed by atoms with van der Waals surface area (Å²) in [7, 11) is 0. The van der Waals surface area contributed by atoms with Gasteiger partial charge in [0, 0.05) is 6.42 Å². The van der Waals surface area contributed by atoms with Crippen LogP contribution >= 0.6 is 0 Å². The Morgan fingerprint density at radius 1 is 1.31 bits per heavy atom. The molecule has 0 nitrogen and oxygen atoms in total. The first-order valence-electron chi connectivity index (χ1n) is 5.10. The van der Waals surface area contributed by atoms with Gasteiger partial charge in [-0.2, -0.15) is 0 Å². The molecule has 0 aliphatic heterocycles. The third kappa shape index (κ3) is 2.55. The first-order chi connectivity index (χ1) is 5.72. The van der Waals surface area contributed by atoms with Gasteiger partial charge in [-0.05, 0) is 32.1 Å². The fourth-order valence-corrected chi connectivity index (χ4v) is 2.36. The van der Waals surface area contributed by atoms with Crippen LogP contribution in [-0.4, -0.2) is 5.67 Å². The van der Waals surface area contributed by atoms with Gasteiger partial charge in [-0.15, -0.1) is 0 Å². The second kappa shape index (κ2) is 3.11. The molecule has 1 unspecified atom stereocenters. The van der Waals surface area contributed by atoms with Crippen LogP contribution in [0.2, 0.25) is 0 Å². The molecule has 1 aliphatic carbocycles. The zero-order chi connectivity index (χ0) is 10.3. The predicted octanol–water partition coefficient (Wildman–Crippen LogP) is 4.26. The lowest BCUT2D eigenvalue weighted by atomic mass is 9.73. The molecule has 1 heteroatoms. The lowest BCUT2D eigenvalue weighted by Crippen LogP contribution is -2.26. The maximum Gasteiger partial charge on any atom is 0.112 e. The molecule has 76 valence electrons. The minimum Gasteiger partial charge on any atom is -0.244 e. The minimum absolute atomic E-state index is 0.223. The van der Waals surface area contributed by atoms with E-state index in [4.69, 9.17) is 0 Å². The highest BCUT2D eigenvalue weighted by atomic mass is 19.1. The molecule has 13 heavy (non-hydrogen) atoms. The lowest BCUT2D eigenvalue weighted by Gasteiger charge is -2.34. The Bertz CT molecular complexity index is 228. The van der Waals surface area contributed by atoms with Crippen LogP contribution in [0.15, 0.2) is 11.1 Å². The van der Waals surface area contributed by atoms with Gasteiger partial charge in [0.2, 0.25) is 0 Å². The lowest BCUT2D eigenvalue weighted by molar-refractivity contribution is 0.160. The van der Waals surface area contributed by atoms with Gasteiger partial charge in [0.1, 0.15) is 5.67 Å². The Morgan fingerprint density at radius 3 is 2.23 bits per heavy atom. The summed E-state index contributed by atoms with van der Waals surface area (Å²) in [5.41, 5.74) is 1.99. The summed E-state index contributed by atoms with van der Waals surface area (Å²) in [5, 5.41) is 0. The van der Waals surface area contributed by atoms with Crippen molar-refractivity contribution < 1.29 is 4.39 Å². The number of allylic oxidation sites excluding steroid dienone is 2. The van der Waals surface area contributed by atoms with E-state index >= 15 is 0 Å². The standard InChI is InChI=1S/C12H21F/c1-9-8-12(5,13)7-6-10(9)11(2,3)4/h6-8H2,1-5H3. The van der Waals surface area contributed by atoms with Crippen molar-refractivity contribution in [1.29, 1.82) is 0 Å². The van der Waals surface area contributed by atoms with E-state index in [1.165, 1.54) is 11.1 Å². The molecule has 1 atom stereocenters. The monoisotopic (exact) mass is 184 g/mol. The van der Waals surface area contributed by atoms with Crippen LogP contribution in [0.3, 0.4) is 0 Å². The van der Waals surface area contributed by atoms with Gasteiger partial charge in [0.15, 0.2) is 0 Å². The van der Waals surface area contributed by atoms with E-state index in [-0.39, 0.29) is 5.41 Å². The highest BCUT2D eigenvalue weighted by Gasteiger charge is 2.32. The second-order valence-corrected chi connectivity index (χ2v) is 5.60. The fraction of sp³-hybridized carbons (Fsp3) is 0.833. The number of hydrogen-bond acceptors (Lipinski definition) is 0. The Labute approximate surface area is 81.2 Å². The summed E-state index contributed by atoms with van der Waals surface area (Å²) in [4.78, 5) is 0. The SMILES string of the molecule is CC1=C(C(C)(C)C)CCC(C)(F)C1. The van der Waals surface area contributed by atoms with E-state index < -0.39 is 5.67 Å². The summed E-state index contributed by atoms with van der Waals surface area (Å²) in [5.74, 6) is 0. The van der Waals surface area contributed by atoms with Gasteiger partial charge in [0.05, 0.1) is 0 Å². The molecule has 0 aromatic rings. The third-order valence-corrected chi connectivity index (χ3v) is 2.95. The quantitative estimate of drug-likeness (QED) is 0.493. The molecule has 1 rings (SSSR count). The van der Waals surface area contributed by atoms with Crippen molar-refractivity contribution in [2.24, 2.45) is 5.41 Å². The average molecular weight is 184 g/mol. The normalized spacial score (nSPS) is 30.9. The molecule has 0 aromatic carbocycles. The van der Waals surface area contributed by atoms with Crippen molar-refractivity contribution in [3.63, 3.8) is 0 Å². The van der Waals surface area contributed by atoms with Crippen LogP contribution in [0.1, 0.15) is 53.9 Å². The van der Waals surface area contributed by atoms with Crippen molar-refractivity contribution >= 4 is 0 Å². The van der Waals surface area contributed by atoms with E-state index in [0.717, 1.165) is 6.42 Å². The zero-order valence-corrected chi connectivity index (χ0v) is 9.50. The summed E-state index contributed by atoms with van der Waals surface area (Å²) in [6.45, 7) is 10.4. The van der Waals surface area contributed by atoms with E-state index in [9.17, 15) is 4.39 Å². The summed E-state index contributed by atoms with van der Waals surface area (Å²) < 4.78 is 13.6. The zero-order valence-electron chi connectivity index (χ0n) is 9.50. The van der Waals surface area contributed by atoms with E-state index in [1.54, 1.807) is 6.92 Å². The Kier molecular flexibility index (Phi) is 2.57. The summed E-state index contributed by atoms with van der Waals surface area (Å²) in [6.07, 6.45) is 2.25. The number of hydrogen-bond donors (Lipinski definition) is 0. The van der Waals surface area contributed by atoms with Crippen molar-refractivity contribution in [2.75, 3.05) is 0 Å². The first-order valence-corrected chi connectivity index (χ1v) is 5.10. The molecule has 0 saturated heterocycles. The molecular weight excluding hydrogens is 163 g/mol. The van der Waals surface area contributed by atoms with Crippen molar-refractivity contribution in [2.45, 2.75) is 59.5 Å². The number of alkyl halides is 1. The van der Waals surface area contributed by atoms with Crippen LogP contribution < -0.4 is 0 Å². The fourth-order valence-electron chi connectivity index (χ4n) is 2.36. The molecule has 1 aliphatic rings. The van der Waals surface area contributed by atoms with Gasteiger partial charge in [0.25, 0.3) is 0 Å². The Hall–Kier alpha value is -0.330. The maximum absolute atomic E-state index is 13.6. The van der Waals surface area contributed by atoms with Crippen molar-refractivity contribution in [3.05, 3.63) is 11.1 Å². The molecule has 0 bridgehead atoms. The largest absolute Gasteiger partial charge is 0.244 e. The first kappa shape index (κ1) is 10.7. The molecule has 0 fully saturated rings. The Morgan fingerprint density at radius 2 is 1.85 bits per heavy atom.